The molecule has 10 heteroatoms. The number of rotatable bonds is 4. The van der Waals surface area contributed by atoms with Gasteiger partial charge in [0.15, 0.2) is 0 Å². The number of hydrogen-bond donors (Lipinski definition) is 2. The first-order chi connectivity index (χ1) is 27.4. The summed E-state index contributed by atoms with van der Waals surface area (Å²) in [6.45, 7) is 40.3. The minimum atomic E-state index is -0.423. The summed E-state index contributed by atoms with van der Waals surface area (Å²) in [5, 5.41) is 22.5. The van der Waals surface area contributed by atoms with E-state index in [-0.39, 0.29) is 55.4 Å². The van der Waals surface area contributed by atoms with Gasteiger partial charge in [0.1, 0.15) is 11.6 Å². The minimum absolute atomic E-state index is 0.0745. The summed E-state index contributed by atoms with van der Waals surface area (Å²) in [5.74, 6) is 9.83. The molecule has 1 aromatic heterocycles. The fourth-order valence-electron chi connectivity index (χ4n) is 13.7. The molecule has 10 nitrogen and oxygen atoms in total. The average molecular weight is 831 g/mol. The molecule has 1 saturated carbocycles. The van der Waals surface area contributed by atoms with Crippen LogP contribution in [0, 0.1) is 10.8 Å². The van der Waals surface area contributed by atoms with Gasteiger partial charge in [-0.3, -0.25) is 15.9 Å². The third kappa shape index (κ3) is 8.41. The van der Waals surface area contributed by atoms with Gasteiger partial charge in [-0.2, -0.15) is 20.2 Å². The molecular weight excluding hydrogens is 741 g/mol. The highest BCUT2D eigenvalue weighted by molar-refractivity contribution is 5.93. The minimum Gasteiger partial charge on any atom is -0.349 e. The van der Waals surface area contributed by atoms with Crippen molar-refractivity contribution in [2.45, 2.75) is 277 Å². The van der Waals surface area contributed by atoms with E-state index in [0.717, 1.165) is 95.1 Å². The molecule has 6 rings (SSSR count). The predicted molar refractivity (Wildman–Crippen MR) is 252 cm³/mol. The molecule has 4 fully saturated rings. The molecule has 5 aliphatic rings. The smallest absolute Gasteiger partial charge is 0.226 e. The van der Waals surface area contributed by atoms with Crippen molar-refractivity contribution in [3.05, 3.63) is 11.6 Å². The number of anilines is 1. The lowest BCUT2D eigenvalue weighted by atomic mass is 9.57. The number of hydrazone groups is 2. The van der Waals surface area contributed by atoms with E-state index in [2.05, 4.69) is 144 Å². The quantitative estimate of drug-likeness (QED) is 0.289. The zero-order chi connectivity index (χ0) is 44.6. The van der Waals surface area contributed by atoms with Gasteiger partial charge in [0.05, 0.1) is 27.6 Å². The van der Waals surface area contributed by atoms with Crippen LogP contribution in [0.3, 0.4) is 0 Å². The van der Waals surface area contributed by atoms with Crippen LogP contribution in [0.5, 0.6) is 0 Å². The van der Waals surface area contributed by atoms with E-state index in [9.17, 15) is 0 Å². The highest BCUT2D eigenvalue weighted by Gasteiger charge is 2.62. The van der Waals surface area contributed by atoms with E-state index in [1.807, 2.05) is 0 Å². The summed E-state index contributed by atoms with van der Waals surface area (Å²) in [7, 11) is 0. The third-order valence-corrected chi connectivity index (χ3v) is 16.7. The van der Waals surface area contributed by atoms with Gasteiger partial charge in [0.2, 0.25) is 5.95 Å². The maximum absolute atomic E-state index is 7.19. The Morgan fingerprint density at radius 1 is 0.683 bits per heavy atom. The largest absolute Gasteiger partial charge is 0.349 e. The molecule has 60 heavy (non-hydrogen) atoms. The number of nitrogens with one attached hydrogen (secondary N) is 1. The van der Waals surface area contributed by atoms with Crippen LogP contribution in [0.2, 0.25) is 0 Å². The molecule has 4 aliphatic heterocycles. The Morgan fingerprint density at radius 2 is 1.28 bits per heavy atom. The lowest BCUT2D eigenvalue weighted by Crippen LogP contribution is -2.73. The number of hydrazine groups is 1. The fourth-order valence-corrected chi connectivity index (χ4v) is 13.7. The van der Waals surface area contributed by atoms with Crippen LogP contribution in [0.25, 0.3) is 0 Å². The molecule has 1 aromatic rings. The molecule has 2 atom stereocenters. The number of fused-ring (bicyclic) bond motifs is 6. The first-order valence-electron chi connectivity index (χ1n) is 24.3. The fraction of sp³-hybridized carbons (Fsp3) is 0.900. The standard InChI is InChI=1S/C50H90N10/c1-41(2,3)35-42(4,5)56-40-54-38-36-26-30-43(6,7)59(46(36,12)13)52-33-25-21-20-24-29-50(39(53-38)55-40)32-31-44(8,9)60(48(50,16)17)57-37-34-45(10,11)58(51)47(14,15)49(37)27-22-18-19-23-28-49/h33,36H,18-32,34-35,51H2,1-17H3,(H,53,54,55,56)/b52-33-,57-37?. The average Bonchev–Trinajstić information content (AvgIpc) is 3.36. The molecule has 2 unspecified atom stereocenters. The maximum Gasteiger partial charge on any atom is 0.226 e. The normalized spacial score (nSPS) is 31.4. The Kier molecular flexibility index (Phi) is 12.4. The SMILES string of the molecule is CC(C)(C)CC(C)(C)Nc1nc2nc(n1)C1(CCCCC/C=N\N3C(C)(C)CCC2C3(C)C)CCC(C)(C)N(N=C2CC(C)(C)N(N)C(C)(C)C23CCCCCC3)C1(C)C. The zero-order valence-corrected chi connectivity index (χ0v) is 41.8. The van der Waals surface area contributed by atoms with Gasteiger partial charge in [-0.05, 0) is 167 Å². The Bertz CT molecular complexity index is 1750. The van der Waals surface area contributed by atoms with Crippen LogP contribution >= 0.6 is 0 Å². The van der Waals surface area contributed by atoms with Gasteiger partial charge >= 0.3 is 0 Å². The van der Waals surface area contributed by atoms with E-state index in [1.165, 1.54) is 31.4 Å². The van der Waals surface area contributed by atoms with E-state index in [0.29, 0.717) is 5.95 Å². The van der Waals surface area contributed by atoms with E-state index >= 15 is 0 Å². The molecule has 0 radical (unpaired) electrons. The van der Waals surface area contributed by atoms with E-state index in [1.54, 1.807) is 0 Å². The van der Waals surface area contributed by atoms with Crippen molar-refractivity contribution < 1.29 is 0 Å². The number of nitrogens with zero attached hydrogens (tertiary/aromatic N) is 8. The first-order valence-corrected chi connectivity index (χ1v) is 24.3. The number of nitrogens with two attached hydrogens (primary N) is 1. The van der Waals surface area contributed by atoms with Crippen LogP contribution in [0.4, 0.5) is 5.95 Å². The van der Waals surface area contributed by atoms with Crippen molar-refractivity contribution >= 4 is 17.9 Å². The second-order valence-electron chi connectivity index (χ2n) is 25.6. The summed E-state index contributed by atoms with van der Waals surface area (Å²) in [6, 6.07) is 0. The molecule has 0 amide bonds. The van der Waals surface area contributed by atoms with Crippen molar-refractivity contribution in [3.8, 4) is 0 Å². The number of aromatic nitrogens is 3. The van der Waals surface area contributed by atoms with E-state index in [4.69, 9.17) is 31.0 Å². The summed E-state index contributed by atoms with van der Waals surface area (Å²) in [6.07, 6.45) is 20.6. The monoisotopic (exact) mass is 831 g/mol. The highest BCUT2D eigenvalue weighted by Crippen LogP contribution is 2.58. The van der Waals surface area contributed by atoms with Crippen LogP contribution in [-0.2, 0) is 5.41 Å². The van der Waals surface area contributed by atoms with Crippen LogP contribution in [-0.4, -0.2) is 80.7 Å². The van der Waals surface area contributed by atoms with Gasteiger partial charge in [-0.1, -0.05) is 59.3 Å². The summed E-state index contributed by atoms with van der Waals surface area (Å²) >= 11 is 0. The molecular formula is C50H90N10. The van der Waals surface area contributed by atoms with Crippen LogP contribution in [0.15, 0.2) is 10.2 Å². The Hall–Kier alpha value is -2.33. The molecule has 340 valence electrons. The predicted octanol–water partition coefficient (Wildman–Crippen LogP) is 11.9. The van der Waals surface area contributed by atoms with Crippen molar-refractivity contribution in [1.82, 2.24) is 30.0 Å². The summed E-state index contributed by atoms with van der Waals surface area (Å²) < 4.78 is 0. The number of hydrogen-bond acceptors (Lipinski definition) is 10. The van der Waals surface area contributed by atoms with Gasteiger partial charge in [0.25, 0.3) is 0 Å². The van der Waals surface area contributed by atoms with Gasteiger partial charge in [-0.15, -0.1) is 0 Å². The topological polar surface area (TPSA) is 111 Å². The zero-order valence-electron chi connectivity index (χ0n) is 41.8. The molecule has 4 bridgehead atoms. The molecule has 1 aliphatic carbocycles. The molecule has 3 N–H and O–H groups in total. The second kappa shape index (κ2) is 15.7. The van der Waals surface area contributed by atoms with Gasteiger partial charge in [-0.25, -0.2) is 9.99 Å². The molecule has 5 heterocycles. The summed E-state index contributed by atoms with van der Waals surface area (Å²) in [5.41, 5.74) is -0.669. The molecule has 0 aromatic carbocycles. The van der Waals surface area contributed by atoms with Crippen molar-refractivity contribution in [1.29, 1.82) is 0 Å². The van der Waals surface area contributed by atoms with Crippen molar-refractivity contribution in [2.24, 2.45) is 26.9 Å². The summed E-state index contributed by atoms with van der Waals surface area (Å²) in [4.78, 5) is 16.9. The van der Waals surface area contributed by atoms with Gasteiger partial charge in [0, 0.05) is 46.3 Å². The molecule has 3 saturated heterocycles. The second-order valence-corrected chi connectivity index (χ2v) is 25.6. The van der Waals surface area contributed by atoms with Gasteiger partial charge < -0.3 is 5.32 Å². The van der Waals surface area contributed by atoms with Crippen LogP contribution < -0.4 is 11.2 Å². The van der Waals surface area contributed by atoms with Crippen molar-refractivity contribution in [2.75, 3.05) is 5.32 Å². The lowest BCUT2D eigenvalue weighted by molar-refractivity contribution is -0.0969. The Labute approximate surface area is 367 Å². The highest BCUT2D eigenvalue weighted by atomic mass is 15.6. The Morgan fingerprint density at radius 3 is 1.90 bits per heavy atom. The Balaban J connectivity index is 1.59. The van der Waals surface area contributed by atoms with Crippen LogP contribution in [0.1, 0.15) is 244 Å². The first kappa shape index (κ1) is 47.2. The lowest BCUT2D eigenvalue weighted by Gasteiger charge is -2.64. The van der Waals surface area contributed by atoms with E-state index < -0.39 is 5.54 Å². The maximum atomic E-state index is 7.19. The number of piperidine rings is 3. The third-order valence-electron chi connectivity index (χ3n) is 16.7. The van der Waals surface area contributed by atoms with Crippen molar-refractivity contribution in [3.63, 3.8) is 0 Å². The molecule has 2 spiro atoms.